The molecule has 0 aliphatic carbocycles. The Balaban J connectivity index is 1.16. The summed E-state index contributed by atoms with van der Waals surface area (Å²) in [5.74, 6) is 2.45. The van der Waals surface area contributed by atoms with Crippen molar-refractivity contribution < 1.29 is 4.74 Å². The van der Waals surface area contributed by atoms with Crippen LogP contribution in [0, 0.1) is 0 Å². The van der Waals surface area contributed by atoms with Crippen molar-refractivity contribution in [2.24, 2.45) is 0 Å². The Bertz CT molecular complexity index is 3130. The lowest BCUT2D eigenvalue weighted by molar-refractivity contribution is 0.479. The van der Waals surface area contributed by atoms with Crippen LogP contribution in [0.25, 0.3) is 27.6 Å². The van der Waals surface area contributed by atoms with Crippen molar-refractivity contribution in [1.82, 2.24) is 9.55 Å². The molecule has 8 aromatic rings. The fourth-order valence-electron chi connectivity index (χ4n) is 9.61. The minimum atomic E-state index is -0.276. The Hall–Kier alpha value is -6.59. The first kappa shape index (κ1) is 45.6. The van der Waals surface area contributed by atoms with Gasteiger partial charge in [0.25, 0.3) is 0 Å². The molecule has 5 nitrogen and oxygen atoms in total. The van der Waals surface area contributed by atoms with Gasteiger partial charge in [0, 0.05) is 63.2 Å². The molecular formula is C62H68N4O. The number of aromatic nitrogens is 2. The second-order valence-corrected chi connectivity index (χ2v) is 22.8. The number of rotatable bonds is 9. The highest BCUT2D eigenvalue weighted by Gasteiger charge is 2.36. The highest BCUT2D eigenvalue weighted by atomic mass is 16.5. The number of anilines is 2. The minimum absolute atomic E-state index is 0.00456. The number of benzene rings is 6. The molecular weight excluding hydrogens is 817 g/mol. The van der Waals surface area contributed by atoms with Gasteiger partial charge in [-0.3, -0.25) is 4.57 Å². The molecule has 0 amide bonds. The van der Waals surface area contributed by atoms with Gasteiger partial charge in [0.05, 0.1) is 17.7 Å². The van der Waals surface area contributed by atoms with Gasteiger partial charge in [-0.2, -0.15) is 0 Å². The van der Waals surface area contributed by atoms with Crippen LogP contribution >= 0.6 is 0 Å². The summed E-state index contributed by atoms with van der Waals surface area (Å²) in [7, 11) is 0. The van der Waals surface area contributed by atoms with Crippen molar-refractivity contribution in [2.45, 2.75) is 117 Å². The van der Waals surface area contributed by atoms with Crippen molar-refractivity contribution in [3.05, 3.63) is 203 Å². The Labute approximate surface area is 399 Å². The van der Waals surface area contributed by atoms with Crippen LogP contribution in [0.15, 0.2) is 170 Å². The highest BCUT2D eigenvalue weighted by Crippen LogP contribution is 2.44. The molecule has 3 heterocycles. The van der Waals surface area contributed by atoms with Crippen LogP contribution in [0.2, 0.25) is 0 Å². The summed E-state index contributed by atoms with van der Waals surface area (Å²) in [6.07, 6.45) is 4.32. The number of ether oxygens (including phenoxy) is 1. The SMILES string of the molecule is CC(C)(C)c1cc(Oc2ccc3c4cc(C(C)(C)C)ccc4n(-c4cc(C(C)(C)c5ccccc5)ccn4)c3c2)cc(N2C=C(C(C)(C)c3ccccc3)N(c3cccc(C(C)(C)C)c3)C2)c1. The normalized spacial score (nSPS) is 14.0. The Morgan fingerprint density at radius 2 is 1.04 bits per heavy atom. The maximum absolute atomic E-state index is 7.06. The van der Waals surface area contributed by atoms with Gasteiger partial charge in [0.1, 0.15) is 17.3 Å². The molecule has 342 valence electrons. The number of hydrogen-bond acceptors (Lipinski definition) is 4. The van der Waals surface area contributed by atoms with Gasteiger partial charge in [-0.1, -0.05) is 169 Å². The first-order chi connectivity index (χ1) is 31.6. The number of fused-ring (bicyclic) bond motifs is 3. The third kappa shape index (κ3) is 8.77. The monoisotopic (exact) mass is 885 g/mol. The average Bonchev–Trinajstić information content (AvgIpc) is 3.89. The predicted molar refractivity (Wildman–Crippen MR) is 284 cm³/mol. The van der Waals surface area contributed by atoms with Gasteiger partial charge in [-0.25, -0.2) is 4.98 Å². The van der Waals surface area contributed by atoms with Crippen molar-refractivity contribution in [3.63, 3.8) is 0 Å². The van der Waals surface area contributed by atoms with Crippen LogP contribution in [0.1, 0.15) is 123 Å². The number of allylic oxidation sites excluding steroid dienone is 1. The van der Waals surface area contributed by atoms with Crippen LogP contribution in [0.4, 0.5) is 11.4 Å². The summed E-state index contributed by atoms with van der Waals surface area (Å²) in [6, 6.07) is 55.3. The summed E-state index contributed by atoms with van der Waals surface area (Å²) in [6.45, 7) is 30.5. The summed E-state index contributed by atoms with van der Waals surface area (Å²) in [5.41, 5.74) is 12.6. The first-order valence-corrected chi connectivity index (χ1v) is 24.0. The molecule has 5 heteroatoms. The smallest absolute Gasteiger partial charge is 0.137 e. The van der Waals surface area contributed by atoms with Crippen LogP contribution in [-0.4, -0.2) is 16.2 Å². The van der Waals surface area contributed by atoms with Crippen molar-refractivity contribution in [2.75, 3.05) is 16.5 Å². The standard InChI is InChI=1S/C62H68N4O/c1-58(2,3)44-25-20-26-48(33-44)65-41-64(40-56(65)62(12,13)43-23-18-15-19-24-43)49-34-47(60(7,8)9)35-51(38-49)67-50-28-29-52-53-36-45(59(4,5)6)27-30-54(53)66(55(52)39-50)57-37-46(31-32-63-57)61(10,11)42-21-16-14-17-22-42/h14-40H,41H2,1-13H3. The molecule has 6 aromatic carbocycles. The number of nitrogens with zero attached hydrogens (tertiary/aromatic N) is 4. The third-order valence-corrected chi connectivity index (χ3v) is 14.1. The van der Waals surface area contributed by atoms with E-state index in [9.17, 15) is 0 Å². The van der Waals surface area contributed by atoms with E-state index in [1.165, 1.54) is 55.5 Å². The lowest BCUT2D eigenvalue weighted by Crippen LogP contribution is -2.34. The van der Waals surface area contributed by atoms with Gasteiger partial charge in [-0.15, -0.1) is 0 Å². The molecule has 0 spiro atoms. The maximum Gasteiger partial charge on any atom is 0.137 e. The van der Waals surface area contributed by atoms with Gasteiger partial charge in [0.2, 0.25) is 0 Å². The van der Waals surface area contributed by atoms with E-state index in [2.05, 4.69) is 262 Å². The highest BCUT2D eigenvalue weighted by molar-refractivity contribution is 6.09. The molecule has 0 bridgehead atoms. The number of hydrogen-bond donors (Lipinski definition) is 0. The molecule has 0 N–H and O–H groups in total. The summed E-state index contributed by atoms with van der Waals surface area (Å²) in [4.78, 5) is 9.96. The second-order valence-electron chi connectivity index (χ2n) is 22.8. The van der Waals surface area contributed by atoms with Gasteiger partial charge in [-0.05, 0) is 110 Å². The van der Waals surface area contributed by atoms with Gasteiger partial charge >= 0.3 is 0 Å². The Morgan fingerprint density at radius 3 is 1.70 bits per heavy atom. The third-order valence-electron chi connectivity index (χ3n) is 14.1. The quantitative estimate of drug-likeness (QED) is 0.145. The maximum atomic E-state index is 7.06. The van der Waals surface area contributed by atoms with E-state index in [0.29, 0.717) is 6.67 Å². The molecule has 1 aliphatic heterocycles. The fraction of sp³-hybridized carbons (Fsp3) is 0.306. The van der Waals surface area contributed by atoms with E-state index in [-0.39, 0.29) is 27.1 Å². The van der Waals surface area contributed by atoms with E-state index < -0.39 is 0 Å². The molecule has 0 fully saturated rings. The van der Waals surface area contributed by atoms with E-state index >= 15 is 0 Å². The molecule has 9 rings (SSSR count). The lowest BCUT2D eigenvalue weighted by Gasteiger charge is -2.34. The van der Waals surface area contributed by atoms with Crippen molar-refractivity contribution >= 4 is 33.2 Å². The van der Waals surface area contributed by atoms with Crippen LogP contribution in [-0.2, 0) is 27.1 Å². The average molecular weight is 885 g/mol. The van der Waals surface area contributed by atoms with E-state index in [1.807, 2.05) is 6.20 Å². The molecule has 67 heavy (non-hydrogen) atoms. The first-order valence-electron chi connectivity index (χ1n) is 24.0. The predicted octanol–water partition coefficient (Wildman–Crippen LogP) is 16.3. The van der Waals surface area contributed by atoms with Crippen molar-refractivity contribution in [1.29, 1.82) is 0 Å². The van der Waals surface area contributed by atoms with Crippen LogP contribution in [0.3, 0.4) is 0 Å². The molecule has 0 atom stereocenters. The zero-order valence-electron chi connectivity index (χ0n) is 42.0. The summed E-state index contributed by atoms with van der Waals surface area (Å²) >= 11 is 0. The zero-order chi connectivity index (χ0) is 47.7. The minimum Gasteiger partial charge on any atom is -0.457 e. The number of pyridine rings is 1. The van der Waals surface area contributed by atoms with Crippen LogP contribution in [0.5, 0.6) is 11.5 Å². The zero-order valence-corrected chi connectivity index (χ0v) is 42.0. The molecule has 2 aromatic heterocycles. The lowest BCUT2D eigenvalue weighted by atomic mass is 9.78. The van der Waals surface area contributed by atoms with Crippen LogP contribution < -0.4 is 14.5 Å². The van der Waals surface area contributed by atoms with Gasteiger partial charge in [0.15, 0.2) is 0 Å². The Kier molecular flexibility index (Phi) is 11.3. The summed E-state index contributed by atoms with van der Waals surface area (Å²) in [5, 5.41) is 2.37. The topological polar surface area (TPSA) is 33.5 Å². The van der Waals surface area contributed by atoms with E-state index in [1.54, 1.807) is 0 Å². The largest absolute Gasteiger partial charge is 0.457 e. The molecule has 1 aliphatic rings. The van der Waals surface area contributed by atoms with E-state index in [0.717, 1.165) is 34.0 Å². The molecule has 0 saturated heterocycles. The second kappa shape index (κ2) is 16.6. The van der Waals surface area contributed by atoms with E-state index in [4.69, 9.17) is 9.72 Å². The van der Waals surface area contributed by atoms with Crippen molar-refractivity contribution in [3.8, 4) is 17.3 Å². The Morgan fingerprint density at radius 1 is 0.433 bits per heavy atom. The van der Waals surface area contributed by atoms with Gasteiger partial charge < -0.3 is 14.5 Å². The molecule has 0 unspecified atom stereocenters. The summed E-state index contributed by atoms with van der Waals surface area (Å²) < 4.78 is 9.38. The molecule has 0 radical (unpaired) electrons. The fourth-order valence-corrected chi connectivity index (χ4v) is 9.61. The molecule has 0 saturated carbocycles.